The molecule has 0 saturated carbocycles. The molecule has 3 heteroatoms. The molecule has 1 atom stereocenters. The van der Waals surface area contributed by atoms with E-state index in [1.165, 1.54) is 25.3 Å². The Labute approximate surface area is 116 Å². The molecule has 1 rings (SSSR count). The molecule has 1 aromatic rings. The highest BCUT2D eigenvalue weighted by atomic mass is 19.1. The molecule has 0 heterocycles. The first-order valence-electron chi connectivity index (χ1n) is 7.35. The summed E-state index contributed by atoms with van der Waals surface area (Å²) in [7, 11) is 0. The smallest absolute Gasteiger partial charge is 0.123 e. The van der Waals surface area contributed by atoms with E-state index in [1.54, 1.807) is 12.1 Å². The molecule has 0 aliphatic heterocycles. The van der Waals surface area contributed by atoms with Crippen molar-refractivity contribution in [2.75, 3.05) is 19.7 Å². The second kappa shape index (κ2) is 9.93. The number of unbranched alkanes of at least 4 members (excludes halogenated alkanes) is 3. The predicted molar refractivity (Wildman–Crippen MR) is 77.8 cm³/mol. The van der Waals surface area contributed by atoms with E-state index in [9.17, 15) is 4.39 Å². The van der Waals surface area contributed by atoms with Gasteiger partial charge in [-0.15, -0.1) is 0 Å². The minimum atomic E-state index is -0.200. The van der Waals surface area contributed by atoms with E-state index < -0.39 is 0 Å². The van der Waals surface area contributed by atoms with Crippen molar-refractivity contribution in [1.82, 2.24) is 5.32 Å². The number of halogens is 1. The van der Waals surface area contributed by atoms with Crippen molar-refractivity contribution in [1.29, 1.82) is 0 Å². The molecule has 0 aromatic heterocycles. The molecule has 0 aliphatic rings. The van der Waals surface area contributed by atoms with E-state index in [2.05, 4.69) is 19.2 Å². The second-order valence-corrected chi connectivity index (χ2v) is 4.78. The molecular formula is C16H26FNO. The van der Waals surface area contributed by atoms with Gasteiger partial charge >= 0.3 is 0 Å². The number of nitrogens with one attached hydrogen (secondary N) is 1. The van der Waals surface area contributed by atoms with Crippen molar-refractivity contribution < 1.29 is 9.13 Å². The second-order valence-electron chi connectivity index (χ2n) is 4.78. The molecule has 19 heavy (non-hydrogen) atoms. The van der Waals surface area contributed by atoms with Crippen molar-refractivity contribution in [3.63, 3.8) is 0 Å². The van der Waals surface area contributed by atoms with E-state index in [0.717, 1.165) is 31.7 Å². The summed E-state index contributed by atoms with van der Waals surface area (Å²) >= 11 is 0. The van der Waals surface area contributed by atoms with Crippen molar-refractivity contribution in [2.45, 2.75) is 45.6 Å². The average Bonchev–Trinajstić information content (AvgIpc) is 2.42. The number of hydrogen-bond acceptors (Lipinski definition) is 2. The van der Waals surface area contributed by atoms with E-state index in [0.29, 0.717) is 0 Å². The zero-order chi connectivity index (χ0) is 13.9. The molecule has 0 fully saturated rings. The summed E-state index contributed by atoms with van der Waals surface area (Å²) in [6, 6.07) is 6.70. The molecule has 0 spiro atoms. The summed E-state index contributed by atoms with van der Waals surface area (Å²) in [5.41, 5.74) is 0.913. The number of rotatable bonds is 10. The van der Waals surface area contributed by atoms with Crippen LogP contribution in [0.2, 0.25) is 0 Å². The van der Waals surface area contributed by atoms with Crippen LogP contribution in [0.1, 0.15) is 51.2 Å². The Morgan fingerprint density at radius 2 is 2.05 bits per heavy atom. The lowest BCUT2D eigenvalue weighted by molar-refractivity contribution is 0.0500. The molecule has 0 aliphatic carbocycles. The van der Waals surface area contributed by atoms with Crippen molar-refractivity contribution >= 4 is 0 Å². The van der Waals surface area contributed by atoms with Gasteiger partial charge in [0, 0.05) is 13.2 Å². The molecule has 0 radical (unpaired) electrons. The number of benzene rings is 1. The number of ether oxygens (including phenoxy) is 1. The first kappa shape index (κ1) is 16.1. The Morgan fingerprint density at radius 1 is 1.21 bits per heavy atom. The lowest BCUT2D eigenvalue weighted by atomic mass is 10.1. The zero-order valence-corrected chi connectivity index (χ0v) is 12.1. The van der Waals surface area contributed by atoms with Crippen molar-refractivity contribution in [2.24, 2.45) is 0 Å². The first-order chi connectivity index (χ1) is 9.27. The van der Waals surface area contributed by atoms with Gasteiger partial charge in [0.1, 0.15) is 5.82 Å². The Balaban J connectivity index is 2.47. The van der Waals surface area contributed by atoms with Gasteiger partial charge in [-0.2, -0.15) is 0 Å². The molecule has 0 saturated heterocycles. The quantitative estimate of drug-likeness (QED) is 0.645. The van der Waals surface area contributed by atoms with Crippen LogP contribution in [0, 0.1) is 5.82 Å². The van der Waals surface area contributed by atoms with Crippen LogP contribution < -0.4 is 5.32 Å². The van der Waals surface area contributed by atoms with Gasteiger partial charge in [-0.05, 0) is 30.7 Å². The summed E-state index contributed by atoms with van der Waals surface area (Å²) in [6.07, 6.45) is 4.70. The molecule has 0 amide bonds. The van der Waals surface area contributed by atoms with Crippen LogP contribution in [0.25, 0.3) is 0 Å². The summed E-state index contributed by atoms with van der Waals surface area (Å²) in [4.78, 5) is 0. The lowest BCUT2D eigenvalue weighted by Gasteiger charge is -2.19. The fourth-order valence-corrected chi connectivity index (χ4v) is 2.01. The Kier molecular flexibility index (Phi) is 8.43. The third-order valence-corrected chi connectivity index (χ3v) is 3.12. The Bertz CT molecular complexity index is 343. The van der Waals surface area contributed by atoms with E-state index in [4.69, 9.17) is 4.74 Å². The standard InChI is InChI=1S/C16H26FNO/c1-3-5-6-7-11-19-16(13-18-4-2)14-9-8-10-15(17)12-14/h8-10,12,16,18H,3-7,11,13H2,1-2H3. The maximum Gasteiger partial charge on any atom is 0.123 e. The molecule has 1 unspecified atom stereocenters. The third kappa shape index (κ3) is 6.69. The highest BCUT2D eigenvalue weighted by Crippen LogP contribution is 2.18. The Hall–Kier alpha value is -0.930. The van der Waals surface area contributed by atoms with Gasteiger partial charge in [-0.3, -0.25) is 0 Å². The van der Waals surface area contributed by atoms with Crippen LogP contribution in [-0.2, 0) is 4.74 Å². The van der Waals surface area contributed by atoms with Crippen LogP contribution in [0.5, 0.6) is 0 Å². The fraction of sp³-hybridized carbons (Fsp3) is 0.625. The van der Waals surface area contributed by atoms with Gasteiger partial charge in [0.15, 0.2) is 0 Å². The maximum atomic E-state index is 13.3. The van der Waals surface area contributed by atoms with Crippen LogP contribution in [0.4, 0.5) is 4.39 Å². The number of likely N-dealkylation sites (N-methyl/N-ethyl adjacent to an activating group) is 1. The van der Waals surface area contributed by atoms with Gasteiger partial charge < -0.3 is 10.1 Å². The van der Waals surface area contributed by atoms with Crippen LogP contribution in [0.15, 0.2) is 24.3 Å². The van der Waals surface area contributed by atoms with Gasteiger partial charge in [0.05, 0.1) is 6.10 Å². The molecular weight excluding hydrogens is 241 g/mol. The van der Waals surface area contributed by atoms with Gasteiger partial charge in [-0.25, -0.2) is 4.39 Å². The highest BCUT2D eigenvalue weighted by Gasteiger charge is 2.11. The summed E-state index contributed by atoms with van der Waals surface area (Å²) < 4.78 is 19.2. The fourth-order valence-electron chi connectivity index (χ4n) is 2.01. The van der Waals surface area contributed by atoms with Crippen LogP contribution in [-0.4, -0.2) is 19.7 Å². The van der Waals surface area contributed by atoms with E-state index >= 15 is 0 Å². The molecule has 0 bridgehead atoms. The monoisotopic (exact) mass is 267 g/mol. The highest BCUT2D eigenvalue weighted by molar-refractivity contribution is 5.19. The normalized spacial score (nSPS) is 12.6. The maximum absolute atomic E-state index is 13.3. The Morgan fingerprint density at radius 3 is 2.74 bits per heavy atom. The summed E-state index contributed by atoms with van der Waals surface area (Å²) in [5.74, 6) is -0.200. The van der Waals surface area contributed by atoms with Crippen molar-refractivity contribution in [3.05, 3.63) is 35.6 Å². The zero-order valence-electron chi connectivity index (χ0n) is 12.1. The summed E-state index contributed by atoms with van der Waals surface area (Å²) in [6.45, 7) is 6.62. The molecule has 1 N–H and O–H groups in total. The van der Waals surface area contributed by atoms with Gasteiger partial charge in [-0.1, -0.05) is 45.2 Å². The molecule has 2 nitrogen and oxygen atoms in total. The third-order valence-electron chi connectivity index (χ3n) is 3.12. The van der Waals surface area contributed by atoms with Gasteiger partial charge in [0.2, 0.25) is 0 Å². The average molecular weight is 267 g/mol. The van der Waals surface area contributed by atoms with Crippen molar-refractivity contribution in [3.8, 4) is 0 Å². The van der Waals surface area contributed by atoms with E-state index in [-0.39, 0.29) is 11.9 Å². The molecule has 1 aromatic carbocycles. The summed E-state index contributed by atoms with van der Waals surface area (Å²) in [5, 5.41) is 3.27. The SMILES string of the molecule is CCCCCCOC(CNCC)c1cccc(F)c1. The lowest BCUT2D eigenvalue weighted by Crippen LogP contribution is -2.23. The molecule has 108 valence electrons. The largest absolute Gasteiger partial charge is 0.372 e. The van der Waals surface area contributed by atoms with Gasteiger partial charge in [0.25, 0.3) is 0 Å². The predicted octanol–water partition coefficient (Wildman–Crippen LogP) is 4.07. The topological polar surface area (TPSA) is 21.3 Å². The van der Waals surface area contributed by atoms with Crippen LogP contribution in [0.3, 0.4) is 0 Å². The van der Waals surface area contributed by atoms with E-state index in [1.807, 2.05) is 6.07 Å². The first-order valence-corrected chi connectivity index (χ1v) is 7.35. The minimum Gasteiger partial charge on any atom is -0.372 e. The van der Waals surface area contributed by atoms with Crippen LogP contribution >= 0.6 is 0 Å². The minimum absolute atomic E-state index is 0.0581. The number of hydrogen-bond donors (Lipinski definition) is 1.